The van der Waals surface area contributed by atoms with Gasteiger partial charge in [0, 0.05) is 31.0 Å². The maximum atomic E-state index is 12.6. The van der Waals surface area contributed by atoms with E-state index in [1.165, 1.54) is 13.1 Å². The van der Waals surface area contributed by atoms with Gasteiger partial charge in [0.05, 0.1) is 5.92 Å². The van der Waals surface area contributed by atoms with Gasteiger partial charge in [-0.25, -0.2) is 4.98 Å². The predicted molar refractivity (Wildman–Crippen MR) is 97.0 cm³/mol. The van der Waals surface area contributed by atoms with Crippen LogP contribution in [0.5, 0.6) is 0 Å². The number of anilines is 1. The number of pyridine rings is 1. The standard InChI is InChI=1S/C19H22N4O3/c1-12-5-6-17(21-9-12)22-18(25)14-4-3-7-23(11-14)19(26)16-8-15(10-20-16)13(2)24/h5-6,8-10,14,20H,3-4,7,11H2,1-2H3,(H,21,22,25)/t14-/m0/s1. The Morgan fingerprint density at radius 2 is 2.12 bits per heavy atom. The Balaban J connectivity index is 1.64. The number of rotatable bonds is 4. The van der Waals surface area contributed by atoms with Crippen LogP contribution >= 0.6 is 0 Å². The van der Waals surface area contributed by atoms with E-state index in [0.29, 0.717) is 30.2 Å². The number of aromatic amines is 1. The summed E-state index contributed by atoms with van der Waals surface area (Å²) in [4.78, 5) is 45.2. The number of ketones is 1. The molecule has 0 radical (unpaired) electrons. The number of carbonyl (C=O) groups excluding carboxylic acids is 3. The lowest BCUT2D eigenvalue weighted by atomic mass is 9.97. The van der Waals surface area contributed by atoms with Gasteiger partial charge in [0.15, 0.2) is 5.78 Å². The lowest BCUT2D eigenvalue weighted by Crippen LogP contribution is -2.44. The summed E-state index contributed by atoms with van der Waals surface area (Å²) in [6.45, 7) is 4.34. The van der Waals surface area contributed by atoms with Gasteiger partial charge in [-0.15, -0.1) is 0 Å². The lowest BCUT2D eigenvalue weighted by Gasteiger charge is -2.31. The number of nitrogens with one attached hydrogen (secondary N) is 2. The number of nitrogens with zero attached hydrogens (tertiary/aromatic N) is 2. The number of Topliss-reactive ketones (excluding diaryl/α,β-unsaturated/α-hetero) is 1. The van der Waals surface area contributed by atoms with Crippen molar-refractivity contribution in [2.75, 3.05) is 18.4 Å². The summed E-state index contributed by atoms with van der Waals surface area (Å²) in [5.74, 6) is -0.183. The van der Waals surface area contributed by atoms with Crippen molar-refractivity contribution in [2.45, 2.75) is 26.7 Å². The second-order valence-corrected chi connectivity index (χ2v) is 6.66. The molecular formula is C19H22N4O3. The first kappa shape index (κ1) is 17.8. The second-order valence-electron chi connectivity index (χ2n) is 6.66. The van der Waals surface area contributed by atoms with Crippen molar-refractivity contribution in [3.05, 3.63) is 47.4 Å². The van der Waals surface area contributed by atoms with Gasteiger partial charge >= 0.3 is 0 Å². The van der Waals surface area contributed by atoms with Crippen molar-refractivity contribution in [1.29, 1.82) is 0 Å². The van der Waals surface area contributed by atoms with E-state index in [2.05, 4.69) is 15.3 Å². The quantitative estimate of drug-likeness (QED) is 0.824. The van der Waals surface area contributed by atoms with Crippen LogP contribution in [0.25, 0.3) is 0 Å². The summed E-state index contributed by atoms with van der Waals surface area (Å²) in [5, 5.41) is 2.82. The molecule has 0 unspecified atom stereocenters. The zero-order valence-electron chi connectivity index (χ0n) is 14.9. The van der Waals surface area contributed by atoms with Crippen LogP contribution in [0.1, 0.15) is 46.2 Å². The number of carbonyl (C=O) groups is 3. The average Bonchev–Trinajstić information content (AvgIpc) is 3.13. The first-order valence-corrected chi connectivity index (χ1v) is 8.66. The van der Waals surface area contributed by atoms with Crippen molar-refractivity contribution in [3.8, 4) is 0 Å². The van der Waals surface area contributed by atoms with Gasteiger partial charge in [0.25, 0.3) is 5.91 Å². The molecule has 1 atom stereocenters. The Morgan fingerprint density at radius 1 is 1.31 bits per heavy atom. The van der Waals surface area contributed by atoms with E-state index < -0.39 is 0 Å². The number of hydrogen-bond donors (Lipinski definition) is 2. The first-order chi connectivity index (χ1) is 12.4. The molecule has 1 saturated heterocycles. The molecule has 1 aliphatic heterocycles. The minimum atomic E-state index is -0.280. The summed E-state index contributed by atoms with van der Waals surface area (Å²) in [7, 11) is 0. The Hall–Kier alpha value is -2.96. The van der Waals surface area contributed by atoms with E-state index in [1.807, 2.05) is 13.0 Å². The largest absolute Gasteiger partial charge is 0.356 e. The highest BCUT2D eigenvalue weighted by Gasteiger charge is 2.29. The average molecular weight is 354 g/mol. The highest BCUT2D eigenvalue weighted by molar-refractivity contribution is 5.99. The van der Waals surface area contributed by atoms with Gasteiger partial charge in [0.1, 0.15) is 11.5 Å². The van der Waals surface area contributed by atoms with Crippen LogP contribution in [0.4, 0.5) is 5.82 Å². The zero-order chi connectivity index (χ0) is 18.7. The van der Waals surface area contributed by atoms with E-state index >= 15 is 0 Å². The normalized spacial score (nSPS) is 17.0. The highest BCUT2D eigenvalue weighted by atomic mass is 16.2. The van der Waals surface area contributed by atoms with Crippen molar-refractivity contribution < 1.29 is 14.4 Å². The fourth-order valence-corrected chi connectivity index (χ4v) is 3.04. The maximum absolute atomic E-state index is 12.6. The van der Waals surface area contributed by atoms with E-state index in [-0.39, 0.29) is 23.5 Å². The Labute approximate surface area is 151 Å². The number of H-pyrrole nitrogens is 1. The van der Waals surface area contributed by atoms with Crippen molar-refractivity contribution in [1.82, 2.24) is 14.9 Å². The molecule has 7 heteroatoms. The van der Waals surface area contributed by atoms with Crippen molar-refractivity contribution >= 4 is 23.4 Å². The number of aromatic nitrogens is 2. The van der Waals surface area contributed by atoms with Gasteiger partial charge in [-0.1, -0.05) is 6.07 Å². The molecule has 1 fully saturated rings. The minimum absolute atomic E-state index is 0.0956. The molecule has 0 aliphatic carbocycles. The summed E-state index contributed by atoms with van der Waals surface area (Å²) in [6.07, 6.45) is 4.72. The smallest absolute Gasteiger partial charge is 0.270 e. The van der Waals surface area contributed by atoms with E-state index in [4.69, 9.17) is 0 Å². The molecule has 2 aromatic rings. The fourth-order valence-electron chi connectivity index (χ4n) is 3.04. The molecule has 2 aromatic heterocycles. The third-order valence-corrected chi connectivity index (χ3v) is 4.56. The van der Waals surface area contributed by atoms with Crippen LogP contribution in [0, 0.1) is 12.8 Å². The first-order valence-electron chi connectivity index (χ1n) is 8.66. The third kappa shape index (κ3) is 3.99. The molecule has 2 N–H and O–H groups in total. The molecule has 0 bridgehead atoms. The zero-order valence-corrected chi connectivity index (χ0v) is 14.9. The molecule has 0 aromatic carbocycles. The van der Waals surface area contributed by atoms with Gasteiger partial charge < -0.3 is 15.2 Å². The number of likely N-dealkylation sites (tertiary alicyclic amines) is 1. The SMILES string of the molecule is CC(=O)c1c[nH]c(C(=O)N2CCC[C@H](C(=O)Nc3ccc(C)cn3)C2)c1. The van der Waals surface area contributed by atoms with Crippen LogP contribution in [-0.4, -0.2) is 45.6 Å². The molecular weight excluding hydrogens is 332 g/mol. The summed E-state index contributed by atoms with van der Waals surface area (Å²) < 4.78 is 0. The third-order valence-electron chi connectivity index (χ3n) is 4.56. The molecule has 0 spiro atoms. The number of amides is 2. The predicted octanol–water partition coefficient (Wildman–Crippen LogP) is 2.41. The molecule has 1 aliphatic rings. The second kappa shape index (κ2) is 7.51. The minimum Gasteiger partial charge on any atom is -0.356 e. The Morgan fingerprint density at radius 3 is 2.77 bits per heavy atom. The number of piperidine rings is 1. The van der Waals surface area contributed by atoms with Gasteiger partial charge in [0.2, 0.25) is 5.91 Å². The molecule has 0 saturated carbocycles. The maximum Gasteiger partial charge on any atom is 0.270 e. The van der Waals surface area contributed by atoms with E-state index in [9.17, 15) is 14.4 Å². The van der Waals surface area contributed by atoms with Crippen LogP contribution < -0.4 is 5.32 Å². The molecule has 2 amide bonds. The van der Waals surface area contributed by atoms with E-state index in [1.54, 1.807) is 23.2 Å². The lowest BCUT2D eigenvalue weighted by molar-refractivity contribution is -0.121. The topological polar surface area (TPSA) is 95.2 Å². The molecule has 3 heterocycles. The molecule has 7 nitrogen and oxygen atoms in total. The summed E-state index contributed by atoms with van der Waals surface area (Å²) >= 11 is 0. The molecule has 136 valence electrons. The number of hydrogen-bond acceptors (Lipinski definition) is 4. The van der Waals surface area contributed by atoms with Crippen LogP contribution in [0.3, 0.4) is 0 Å². The van der Waals surface area contributed by atoms with Gasteiger partial charge in [-0.05, 0) is 44.4 Å². The summed E-state index contributed by atoms with van der Waals surface area (Å²) in [5.41, 5.74) is 1.87. The Kier molecular flexibility index (Phi) is 5.16. The van der Waals surface area contributed by atoms with E-state index in [0.717, 1.165) is 18.4 Å². The van der Waals surface area contributed by atoms with Crippen LogP contribution in [0.15, 0.2) is 30.6 Å². The monoisotopic (exact) mass is 354 g/mol. The fraction of sp³-hybridized carbons (Fsp3) is 0.368. The van der Waals surface area contributed by atoms with Crippen LogP contribution in [0.2, 0.25) is 0 Å². The summed E-state index contributed by atoms with van der Waals surface area (Å²) in [6, 6.07) is 5.21. The molecule has 3 rings (SSSR count). The van der Waals surface area contributed by atoms with Gasteiger partial charge in [-0.3, -0.25) is 14.4 Å². The molecule has 26 heavy (non-hydrogen) atoms. The highest BCUT2D eigenvalue weighted by Crippen LogP contribution is 2.20. The number of aryl methyl sites for hydroxylation is 1. The van der Waals surface area contributed by atoms with Crippen LogP contribution in [-0.2, 0) is 4.79 Å². The van der Waals surface area contributed by atoms with Crippen molar-refractivity contribution in [3.63, 3.8) is 0 Å². The Bertz CT molecular complexity index is 826. The van der Waals surface area contributed by atoms with Gasteiger partial charge in [-0.2, -0.15) is 0 Å². The van der Waals surface area contributed by atoms with Crippen molar-refractivity contribution in [2.24, 2.45) is 5.92 Å².